The van der Waals surface area contributed by atoms with Crippen LogP contribution in [0.1, 0.15) is 5.56 Å². The zero-order valence-corrected chi connectivity index (χ0v) is 8.51. The Balaban J connectivity index is 2.57. The van der Waals surface area contributed by atoms with Gasteiger partial charge in [0.1, 0.15) is 6.33 Å². The molecule has 0 atom stereocenters. The van der Waals surface area contributed by atoms with Crippen molar-refractivity contribution >= 4 is 5.82 Å². The van der Waals surface area contributed by atoms with Crippen LogP contribution >= 0.6 is 0 Å². The van der Waals surface area contributed by atoms with Gasteiger partial charge in [0.05, 0.1) is 13.3 Å². The molecule has 2 N–H and O–H groups in total. The maximum atomic E-state index is 5.66. The summed E-state index contributed by atoms with van der Waals surface area (Å²) in [5.41, 5.74) is 6.70. The third kappa shape index (κ3) is 1.61. The molecule has 0 aromatic carbocycles. The molecular formula is C9H11N5O. The molecule has 0 aliphatic rings. The molecule has 0 unspecified atom stereocenters. The SMILES string of the molecule is COc1c(N)ncnc1-n1cc(C)cn1. The van der Waals surface area contributed by atoms with Crippen molar-refractivity contribution in [3.8, 4) is 11.6 Å². The highest BCUT2D eigenvalue weighted by Crippen LogP contribution is 2.24. The second-order valence-corrected chi connectivity index (χ2v) is 3.08. The van der Waals surface area contributed by atoms with E-state index in [1.807, 2.05) is 13.1 Å². The molecule has 0 aliphatic carbocycles. The molecule has 0 fully saturated rings. The molecule has 0 bridgehead atoms. The van der Waals surface area contributed by atoms with Gasteiger partial charge in [0, 0.05) is 6.20 Å². The molecule has 0 aliphatic heterocycles. The van der Waals surface area contributed by atoms with Crippen molar-refractivity contribution < 1.29 is 4.74 Å². The maximum Gasteiger partial charge on any atom is 0.206 e. The number of nitrogens with zero attached hydrogens (tertiary/aromatic N) is 4. The van der Waals surface area contributed by atoms with Gasteiger partial charge < -0.3 is 10.5 Å². The number of methoxy groups -OCH3 is 1. The normalized spacial score (nSPS) is 10.3. The first-order chi connectivity index (χ1) is 7.22. The zero-order chi connectivity index (χ0) is 10.8. The zero-order valence-electron chi connectivity index (χ0n) is 8.51. The summed E-state index contributed by atoms with van der Waals surface area (Å²) in [5, 5.41) is 4.13. The van der Waals surface area contributed by atoms with Crippen LogP contribution in [0.25, 0.3) is 5.82 Å². The van der Waals surface area contributed by atoms with Crippen molar-refractivity contribution in [2.24, 2.45) is 0 Å². The summed E-state index contributed by atoms with van der Waals surface area (Å²) in [6.07, 6.45) is 4.95. The van der Waals surface area contributed by atoms with Gasteiger partial charge in [-0.2, -0.15) is 5.10 Å². The highest BCUT2D eigenvalue weighted by atomic mass is 16.5. The Labute approximate surface area is 86.7 Å². The molecule has 78 valence electrons. The average molecular weight is 205 g/mol. The molecule has 0 amide bonds. The Morgan fingerprint density at radius 1 is 1.40 bits per heavy atom. The average Bonchev–Trinajstić information content (AvgIpc) is 2.64. The van der Waals surface area contributed by atoms with Gasteiger partial charge in [-0.25, -0.2) is 14.6 Å². The molecule has 6 nitrogen and oxygen atoms in total. The van der Waals surface area contributed by atoms with Gasteiger partial charge in [0.2, 0.25) is 11.6 Å². The Kier molecular flexibility index (Phi) is 2.24. The summed E-state index contributed by atoms with van der Waals surface area (Å²) in [7, 11) is 1.52. The topological polar surface area (TPSA) is 78.9 Å². The van der Waals surface area contributed by atoms with Gasteiger partial charge >= 0.3 is 0 Å². The van der Waals surface area contributed by atoms with E-state index in [1.165, 1.54) is 13.4 Å². The Hall–Kier alpha value is -2.11. The van der Waals surface area contributed by atoms with Gasteiger partial charge in [-0.1, -0.05) is 0 Å². The minimum absolute atomic E-state index is 0.302. The van der Waals surface area contributed by atoms with E-state index in [0.717, 1.165) is 5.56 Å². The van der Waals surface area contributed by atoms with Crippen LogP contribution in [-0.4, -0.2) is 26.9 Å². The lowest BCUT2D eigenvalue weighted by molar-refractivity contribution is 0.409. The lowest BCUT2D eigenvalue weighted by atomic mass is 10.4. The van der Waals surface area contributed by atoms with Crippen molar-refractivity contribution in [2.75, 3.05) is 12.8 Å². The van der Waals surface area contributed by atoms with Crippen LogP contribution < -0.4 is 10.5 Å². The molecule has 0 radical (unpaired) electrons. The number of hydrogen-bond acceptors (Lipinski definition) is 5. The van der Waals surface area contributed by atoms with Crippen molar-refractivity contribution in [1.29, 1.82) is 0 Å². The van der Waals surface area contributed by atoms with E-state index in [0.29, 0.717) is 17.4 Å². The lowest BCUT2D eigenvalue weighted by Gasteiger charge is -2.07. The van der Waals surface area contributed by atoms with E-state index < -0.39 is 0 Å². The van der Waals surface area contributed by atoms with Gasteiger partial charge in [0.15, 0.2) is 5.82 Å². The summed E-state index contributed by atoms with van der Waals surface area (Å²) in [4.78, 5) is 7.92. The summed E-state index contributed by atoms with van der Waals surface area (Å²) < 4.78 is 6.73. The van der Waals surface area contributed by atoms with E-state index in [9.17, 15) is 0 Å². The molecule has 15 heavy (non-hydrogen) atoms. The molecule has 2 aromatic heterocycles. The number of ether oxygens (including phenoxy) is 1. The van der Waals surface area contributed by atoms with Crippen molar-refractivity contribution in [1.82, 2.24) is 19.7 Å². The fourth-order valence-electron chi connectivity index (χ4n) is 1.27. The van der Waals surface area contributed by atoms with E-state index in [2.05, 4.69) is 15.1 Å². The molecule has 2 heterocycles. The fraction of sp³-hybridized carbons (Fsp3) is 0.222. The molecule has 0 spiro atoms. The molecule has 0 saturated heterocycles. The van der Waals surface area contributed by atoms with Crippen LogP contribution in [0.5, 0.6) is 5.75 Å². The third-order valence-corrected chi connectivity index (χ3v) is 1.95. The first-order valence-corrected chi connectivity index (χ1v) is 4.38. The van der Waals surface area contributed by atoms with Crippen molar-refractivity contribution in [2.45, 2.75) is 6.92 Å². The van der Waals surface area contributed by atoms with Crippen molar-refractivity contribution in [3.63, 3.8) is 0 Å². The van der Waals surface area contributed by atoms with Gasteiger partial charge in [-0.3, -0.25) is 0 Å². The van der Waals surface area contributed by atoms with Crippen molar-refractivity contribution in [3.05, 3.63) is 24.3 Å². The van der Waals surface area contributed by atoms with E-state index >= 15 is 0 Å². The fourth-order valence-corrected chi connectivity index (χ4v) is 1.27. The molecular weight excluding hydrogens is 194 g/mol. The number of anilines is 1. The third-order valence-electron chi connectivity index (χ3n) is 1.95. The van der Waals surface area contributed by atoms with Crippen LogP contribution in [0.3, 0.4) is 0 Å². The van der Waals surface area contributed by atoms with Crippen LogP contribution in [0.2, 0.25) is 0 Å². The second kappa shape index (κ2) is 3.56. The summed E-state index contributed by atoms with van der Waals surface area (Å²) >= 11 is 0. The number of hydrogen-bond donors (Lipinski definition) is 1. The maximum absolute atomic E-state index is 5.66. The number of nitrogens with two attached hydrogens (primary N) is 1. The molecule has 2 aromatic rings. The van der Waals surface area contributed by atoms with E-state index in [1.54, 1.807) is 10.9 Å². The van der Waals surface area contributed by atoms with Crippen LogP contribution in [0, 0.1) is 6.92 Å². The highest BCUT2D eigenvalue weighted by Gasteiger charge is 2.11. The lowest BCUT2D eigenvalue weighted by Crippen LogP contribution is -2.05. The van der Waals surface area contributed by atoms with Crippen LogP contribution in [-0.2, 0) is 0 Å². The predicted octanol–water partition coefficient (Wildman–Crippen LogP) is 0.562. The predicted molar refractivity (Wildman–Crippen MR) is 54.9 cm³/mol. The second-order valence-electron chi connectivity index (χ2n) is 3.08. The first kappa shape index (κ1) is 9.45. The number of aromatic nitrogens is 4. The first-order valence-electron chi connectivity index (χ1n) is 4.38. The summed E-state index contributed by atoms with van der Waals surface area (Å²) in [5.74, 6) is 1.27. The standard InChI is InChI=1S/C9H11N5O/c1-6-3-13-14(4-6)9-7(15-2)8(10)11-5-12-9/h3-5H,1-2H3,(H2,10,11,12). The van der Waals surface area contributed by atoms with E-state index in [4.69, 9.17) is 10.5 Å². The minimum atomic E-state index is 0.302. The van der Waals surface area contributed by atoms with Gasteiger partial charge in [-0.05, 0) is 12.5 Å². The smallest absolute Gasteiger partial charge is 0.206 e. The monoisotopic (exact) mass is 205 g/mol. The van der Waals surface area contributed by atoms with Gasteiger partial charge in [-0.15, -0.1) is 0 Å². The number of nitrogen functional groups attached to an aromatic ring is 1. The number of aryl methyl sites for hydroxylation is 1. The van der Waals surface area contributed by atoms with Crippen LogP contribution in [0.15, 0.2) is 18.7 Å². The molecule has 0 saturated carbocycles. The molecule has 6 heteroatoms. The highest BCUT2D eigenvalue weighted by molar-refractivity contribution is 5.54. The minimum Gasteiger partial charge on any atom is -0.490 e. The molecule has 2 rings (SSSR count). The van der Waals surface area contributed by atoms with E-state index in [-0.39, 0.29) is 0 Å². The summed E-state index contributed by atoms with van der Waals surface area (Å²) in [6, 6.07) is 0. The Morgan fingerprint density at radius 2 is 2.20 bits per heavy atom. The summed E-state index contributed by atoms with van der Waals surface area (Å²) in [6.45, 7) is 1.94. The largest absolute Gasteiger partial charge is 0.490 e. The van der Waals surface area contributed by atoms with Gasteiger partial charge in [0.25, 0.3) is 0 Å². The Bertz CT molecular complexity index is 479. The Morgan fingerprint density at radius 3 is 2.80 bits per heavy atom. The van der Waals surface area contributed by atoms with Crippen LogP contribution in [0.4, 0.5) is 5.82 Å². The number of rotatable bonds is 2. The quantitative estimate of drug-likeness (QED) is 0.775.